The van der Waals surface area contributed by atoms with Crippen LogP contribution in [0.1, 0.15) is 19.8 Å². The average molecular weight is 382 g/mol. The molecule has 0 spiro atoms. The van der Waals surface area contributed by atoms with Gasteiger partial charge in [-0.2, -0.15) is 0 Å². The zero-order valence-corrected chi connectivity index (χ0v) is 17.4. The van der Waals surface area contributed by atoms with Gasteiger partial charge in [-0.3, -0.25) is 0 Å². The minimum atomic E-state index is 1.14. The van der Waals surface area contributed by atoms with Gasteiger partial charge in [0.15, 0.2) is 0 Å². The normalized spacial score (nSPS) is 14.5. The molecule has 0 N–H and O–H groups in total. The lowest BCUT2D eigenvalue weighted by Gasteiger charge is -1.79. The van der Waals surface area contributed by atoms with Crippen LogP contribution in [0.2, 0.25) is 0 Å². The van der Waals surface area contributed by atoms with Gasteiger partial charge in [0.25, 0.3) is 0 Å². The summed E-state index contributed by atoms with van der Waals surface area (Å²) >= 11 is 0. The van der Waals surface area contributed by atoms with Crippen molar-refractivity contribution in [2.75, 3.05) is 0 Å². The lowest BCUT2D eigenvalue weighted by atomic mass is 10.3. The molecule has 0 heteroatoms. The molecule has 1 radical (unpaired) electrons. The molecule has 0 aliphatic rings. The first-order valence-electron chi connectivity index (χ1n) is 9.95. The van der Waals surface area contributed by atoms with E-state index in [0.29, 0.717) is 0 Å². The monoisotopic (exact) mass is 381 g/mol. The highest BCUT2D eigenvalue weighted by molar-refractivity contribution is 5.23. The van der Waals surface area contributed by atoms with Gasteiger partial charge < -0.3 is 0 Å². The van der Waals surface area contributed by atoms with E-state index in [1.54, 1.807) is 6.08 Å². The molecule has 0 saturated heterocycles. The van der Waals surface area contributed by atoms with Crippen LogP contribution in [-0.4, -0.2) is 0 Å². The molecule has 0 fully saturated rings. The van der Waals surface area contributed by atoms with Crippen LogP contribution in [0.15, 0.2) is 152 Å². The first-order chi connectivity index (χ1) is 14.4. The number of unbranched alkanes of at least 4 members (excludes halogenated alkanes) is 1. The van der Waals surface area contributed by atoms with Gasteiger partial charge in [0.05, 0.1) is 0 Å². The van der Waals surface area contributed by atoms with Crippen molar-refractivity contribution in [3.8, 4) is 0 Å². The minimum absolute atomic E-state index is 1.14. The molecule has 29 heavy (non-hydrogen) atoms. The summed E-state index contributed by atoms with van der Waals surface area (Å²) in [5.41, 5.74) is 0. The molecule has 0 aromatic rings. The molecule has 0 heterocycles. The second kappa shape index (κ2) is 24.6. The van der Waals surface area contributed by atoms with Gasteiger partial charge in [0.2, 0.25) is 0 Å². The van der Waals surface area contributed by atoms with Crippen LogP contribution >= 0.6 is 0 Å². The van der Waals surface area contributed by atoms with Crippen molar-refractivity contribution in [1.82, 2.24) is 0 Å². The van der Waals surface area contributed by atoms with E-state index < -0.39 is 0 Å². The first kappa shape index (κ1) is 25.6. The van der Waals surface area contributed by atoms with Crippen molar-refractivity contribution in [2.45, 2.75) is 19.8 Å². The van der Waals surface area contributed by atoms with E-state index in [1.165, 1.54) is 12.5 Å². The van der Waals surface area contributed by atoms with Crippen molar-refractivity contribution >= 4 is 0 Å². The summed E-state index contributed by atoms with van der Waals surface area (Å²) < 4.78 is 0. The number of hydrogen-bond acceptors (Lipinski definition) is 0. The van der Waals surface area contributed by atoms with Crippen molar-refractivity contribution in [3.63, 3.8) is 0 Å². The number of allylic oxidation sites excluding steroid dienone is 25. The van der Waals surface area contributed by atoms with Crippen LogP contribution in [0.25, 0.3) is 0 Å². The van der Waals surface area contributed by atoms with Gasteiger partial charge in [-0.25, -0.2) is 0 Å². The molecule has 0 aliphatic carbocycles. The van der Waals surface area contributed by atoms with Crippen LogP contribution in [0.3, 0.4) is 0 Å². The van der Waals surface area contributed by atoms with Gasteiger partial charge in [-0.1, -0.05) is 172 Å². The smallest absolute Gasteiger partial charge is 0.0350 e. The van der Waals surface area contributed by atoms with E-state index in [1.807, 2.05) is 128 Å². The maximum absolute atomic E-state index is 5.22. The molecule has 0 unspecified atom stereocenters. The lowest BCUT2D eigenvalue weighted by Crippen LogP contribution is -1.58. The molecule has 0 aromatic heterocycles. The van der Waals surface area contributed by atoms with E-state index in [2.05, 4.69) is 19.1 Å². The third-order valence-corrected chi connectivity index (χ3v) is 3.15. The average Bonchev–Trinajstić information content (AvgIpc) is 2.74. The zero-order valence-electron chi connectivity index (χ0n) is 17.4. The lowest BCUT2D eigenvalue weighted by molar-refractivity contribution is 0.959. The fourth-order valence-corrected chi connectivity index (χ4v) is 1.75. The molecular formula is C29H33. The third kappa shape index (κ3) is 24.6. The van der Waals surface area contributed by atoms with Crippen molar-refractivity contribution in [3.05, 3.63) is 158 Å². The molecule has 0 saturated carbocycles. The van der Waals surface area contributed by atoms with Crippen LogP contribution in [0.4, 0.5) is 0 Å². The molecule has 0 atom stereocenters. The molecule has 0 rings (SSSR count). The second-order valence-corrected chi connectivity index (χ2v) is 5.64. The topological polar surface area (TPSA) is 0 Å². The molecule has 0 aliphatic heterocycles. The molecule has 0 aromatic carbocycles. The molecule has 0 nitrogen and oxygen atoms in total. The highest BCUT2D eigenvalue weighted by atomic mass is 13.8. The van der Waals surface area contributed by atoms with Crippen molar-refractivity contribution in [1.29, 1.82) is 0 Å². The summed E-state index contributed by atoms with van der Waals surface area (Å²) in [6.07, 6.45) is 51.6. The Morgan fingerprint density at radius 1 is 0.379 bits per heavy atom. The minimum Gasteiger partial charge on any atom is -0.0845 e. The second-order valence-electron chi connectivity index (χ2n) is 5.64. The Kier molecular flexibility index (Phi) is 21.8. The zero-order chi connectivity index (χ0) is 21.1. The quantitative estimate of drug-likeness (QED) is 0.265. The van der Waals surface area contributed by atoms with Gasteiger partial charge in [0.1, 0.15) is 0 Å². The third-order valence-electron chi connectivity index (χ3n) is 3.15. The Morgan fingerprint density at radius 3 is 0.862 bits per heavy atom. The maximum atomic E-state index is 5.22. The Labute approximate surface area is 178 Å². The fourth-order valence-electron chi connectivity index (χ4n) is 1.75. The Hall–Kier alpha value is -3.38. The number of hydrogen-bond donors (Lipinski definition) is 0. The highest BCUT2D eigenvalue weighted by Crippen LogP contribution is 1.90. The molecule has 0 bridgehead atoms. The summed E-state index contributed by atoms with van der Waals surface area (Å²) in [7, 11) is 0. The Bertz CT molecular complexity index is 733. The summed E-state index contributed by atoms with van der Waals surface area (Å²) in [6.45, 7) is 7.40. The predicted molar refractivity (Wildman–Crippen MR) is 133 cm³/mol. The molecular weight excluding hydrogens is 348 g/mol. The summed E-state index contributed by atoms with van der Waals surface area (Å²) in [5, 5.41) is 0. The van der Waals surface area contributed by atoms with E-state index in [0.717, 1.165) is 6.42 Å². The highest BCUT2D eigenvalue weighted by Gasteiger charge is 1.69. The fraction of sp³-hybridized carbons (Fsp3) is 0.103. The molecule has 149 valence electrons. The molecule has 0 amide bonds. The maximum Gasteiger partial charge on any atom is -0.0350 e. The van der Waals surface area contributed by atoms with Crippen LogP contribution in [0, 0.1) is 6.58 Å². The van der Waals surface area contributed by atoms with Gasteiger partial charge in [0, 0.05) is 0 Å². The predicted octanol–water partition coefficient (Wildman–Crippen LogP) is 8.45. The Morgan fingerprint density at radius 2 is 0.621 bits per heavy atom. The largest absolute Gasteiger partial charge is 0.0845 e. The van der Waals surface area contributed by atoms with Crippen molar-refractivity contribution < 1.29 is 0 Å². The summed E-state index contributed by atoms with van der Waals surface area (Å²) in [5.74, 6) is 0. The first-order valence-corrected chi connectivity index (χ1v) is 9.95. The van der Waals surface area contributed by atoms with Crippen molar-refractivity contribution in [2.24, 2.45) is 0 Å². The van der Waals surface area contributed by atoms with Crippen LogP contribution in [-0.2, 0) is 0 Å². The van der Waals surface area contributed by atoms with E-state index >= 15 is 0 Å². The van der Waals surface area contributed by atoms with Gasteiger partial charge in [-0.15, -0.1) is 0 Å². The number of rotatable bonds is 14. The SMILES string of the molecule is [CH]=C/C=C/C=C/C=C/C=C/C=C/C=C/C=C/C=C/C=C/C=C/C=C/C=C/CCC. The Balaban J connectivity index is 3.93. The van der Waals surface area contributed by atoms with E-state index in [4.69, 9.17) is 6.58 Å². The summed E-state index contributed by atoms with van der Waals surface area (Å²) in [6, 6.07) is 0. The standard InChI is InChI=1S/C29H33/c1-3-5-7-9-11-13-15-17-19-21-23-25-27-29-28-26-24-22-20-18-16-14-12-10-8-6-4-2/h1,3,5,7-29H,4,6H2,2H3/b3-1?,7-5+,10-8+,11-9+,14-12+,15-13+,18-16+,19-17+,22-20+,23-21+,26-24+,27-25+,29-28+. The van der Waals surface area contributed by atoms with Gasteiger partial charge in [-0.05, 0) is 6.42 Å². The van der Waals surface area contributed by atoms with E-state index in [-0.39, 0.29) is 0 Å². The van der Waals surface area contributed by atoms with E-state index in [9.17, 15) is 0 Å². The van der Waals surface area contributed by atoms with Crippen LogP contribution < -0.4 is 0 Å². The summed E-state index contributed by atoms with van der Waals surface area (Å²) in [4.78, 5) is 0. The van der Waals surface area contributed by atoms with Gasteiger partial charge >= 0.3 is 0 Å². The van der Waals surface area contributed by atoms with Crippen LogP contribution in [0.5, 0.6) is 0 Å².